The molecule has 7 heteroatoms. The van der Waals surface area contributed by atoms with Crippen LogP contribution in [0.2, 0.25) is 5.02 Å². The van der Waals surface area contributed by atoms with Gasteiger partial charge in [0.1, 0.15) is 5.82 Å². The van der Waals surface area contributed by atoms with Crippen molar-refractivity contribution in [1.82, 2.24) is 5.32 Å². The molecule has 0 amide bonds. The largest absolute Gasteiger partial charge is 0.478 e. The molecule has 2 atom stereocenters. The van der Waals surface area contributed by atoms with Crippen molar-refractivity contribution >= 4 is 17.6 Å². The number of hydrogen-bond acceptors (Lipinski definition) is 4. The Morgan fingerprint density at radius 1 is 1.08 bits per heavy atom. The molecule has 3 aromatic carbocycles. The minimum absolute atomic E-state index is 0.140. The summed E-state index contributed by atoms with van der Waals surface area (Å²) < 4.78 is 20.2. The molecule has 3 N–H and O–H groups in total. The summed E-state index contributed by atoms with van der Waals surface area (Å²) in [6.45, 7) is 6.29. The van der Waals surface area contributed by atoms with Crippen molar-refractivity contribution in [3.63, 3.8) is 0 Å². The number of halogens is 2. The summed E-state index contributed by atoms with van der Waals surface area (Å²) >= 11 is 5.84. The number of carbonyl (C=O) groups is 1. The lowest BCUT2D eigenvalue weighted by Gasteiger charge is -2.28. The summed E-state index contributed by atoms with van der Waals surface area (Å²) in [7, 11) is 0. The molecule has 36 heavy (non-hydrogen) atoms. The molecule has 0 fully saturated rings. The summed E-state index contributed by atoms with van der Waals surface area (Å²) in [5, 5.41) is 23.3. The first kappa shape index (κ1) is 27.8. The number of aliphatic hydroxyl groups is 1. The summed E-state index contributed by atoms with van der Waals surface area (Å²) in [5.41, 5.74) is 3.47. The highest BCUT2D eigenvalue weighted by Crippen LogP contribution is 2.24. The van der Waals surface area contributed by atoms with Crippen LogP contribution >= 0.6 is 11.6 Å². The van der Waals surface area contributed by atoms with E-state index < -0.39 is 17.6 Å². The van der Waals surface area contributed by atoms with Gasteiger partial charge in [-0.1, -0.05) is 54.1 Å². The summed E-state index contributed by atoms with van der Waals surface area (Å²) in [5.74, 6) is -1.29. The van der Waals surface area contributed by atoms with Gasteiger partial charge < -0.3 is 20.3 Å². The van der Waals surface area contributed by atoms with E-state index in [9.17, 15) is 14.3 Å². The zero-order valence-electron chi connectivity index (χ0n) is 20.8. The average Bonchev–Trinajstić information content (AvgIpc) is 2.84. The molecule has 3 aromatic rings. The first-order chi connectivity index (χ1) is 17.0. The van der Waals surface area contributed by atoms with Gasteiger partial charge in [0.15, 0.2) is 0 Å². The second-order valence-corrected chi connectivity index (χ2v) is 10.1. The highest BCUT2D eigenvalue weighted by Gasteiger charge is 2.22. The normalized spacial score (nSPS) is 13.4. The molecular formula is C29H33ClFNO4. The Balaban J connectivity index is 1.53. The Kier molecular flexibility index (Phi) is 9.63. The molecular weight excluding hydrogens is 481 g/mol. The van der Waals surface area contributed by atoms with E-state index >= 15 is 0 Å². The quantitative estimate of drug-likeness (QED) is 0.284. The van der Waals surface area contributed by atoms with Crippen LogP contribution < -0.4 is 5.32 Å². The van der Waals surface area contributed by atoms with E-state index in [4.69, 9.17) is 21.4 Å². The minimum atomic E-state index is -0.947. The molecule has 0 unspecified atom stereocenters. The van der Waals surface area contributed by atoms with Gasteiger partial charge in [-0.3, -0.25) is 0 Å². The van der Waals surface area contributed by atoms with Gasteiger partial charge in [0.2, 0.25) is 0 Å². The van der Waals surface area contributed by atoms with Gasteiger partial charge in [-0.2, -0.15) is 0 Å². The molecule has 0 saturated heterocycles. The molecule has 0 radical (unpaired) electrons. The predicted molar refractivity (Wildman–Crippen MR) is 140 cm³/mol. The Morgan fingerprint density at radius 3 is 2.44 bits per heavy atom. The van der Waals surface area contributed by atoms with E-state index in [0.717, 1.165) is 16.7 Å². The van der Waals surface area contributed by atoms with E-state index in [1.165, 1.54) is 6.07 Å². The minimum Gasteiger partial charge on any atom is -0.478 e. The molecule has 0 aliphatic rings. The van der Waals surface area contributed by atoms with E-state index in [0.29, 0.717) is 30.0 Å². The molecule has 5 nitrogen and oxygen atoms in total. The van der Waals surface area contributed by atoms with Crippen molar-refractivity contribution < 1.29 is 24.1 Å². The first-order valence-corrected chi connectivity index (χ1v) is 12.3. The maximum Gasteiger partial charge on any atom is 0.335 e. The maximum atomic E-state index is 14.2. The number of β-amino-alcohol motifs (C(OH)–C–C–N with tert-alkyl or cyclic N) is 1. The molecule has 192 valence electrons. The number of benzene rings is 3. The molecule has 0 heterocycles. The molecule has 0 saturated carbocycles. The van der Waals surface area contributed by atoms with E-state index in [-0.39, 0.29) is 24.1 Å². The Bertz CT molecular complexity index is 1170. The number of nitrogens with one attached hydrogen (secondary N) is 1. The molecule has 0 aliphatic carbocycles. The zero-order valence-corrected chi connectivity index (χ0v) is 21.6. The molecule has 0 bridgehead atoms. The SMILES string of the molecule is C[C@@H](OC[C@H](O)CNC(C)(C)Cc1ccc(Cl)cc1F)c1ccccc1Cc1ccc(C(=O)O)cc1. The van der Waals surface area contributed by atoms with Crippen LogP contribution in [-0.2, 0) is 17.6 Å². The maximum absolute atomic E-state index is 14.2. The van der Waals surface area contributed by atoms with E-state index in [1.54, 1.807) is 24.3 Å². The first-order valence-electron chi connectivity index (χ1n) is 11.9. The van der Waals surface area contributed by atoms with Crippen molar-refractivity contribution in [3.05, 3.63) is 105 Å². The number of carboxylic acids is 1. The van der Waals surface area contributed by atoms with Gasteiger partial charge in [-0.15, -0.1) is 0 Å². The Labute approximate surface area is 216 Å². The molecule has 3 rings (SSSR count). The fourth-order valence-corrected chi connectivity index (χ4v) is 4.24. The monoisotopic (exact) mass is 513 g/mol. The summed E-state index contributed by atoms with van der Waals surface area (Å²) in [6, 6.07) is 19.4. The van der Waals surface area contributed by atoms with Crippen LogP contribution in [0.25, 0.3) is 0 Å². The lowest BCUT2D eigenvalue weighted by Crippen LogP contribution is -2.46. The van der Waals surface area contributed by atoms with Crippen LogP contribution in [0.1, 0.15) is 59.5 Å². The lowest BCUT2D eigenvalue weighted by atomic mass is 9.94. The molecule has 0 aliphatic heterocycles. The number of hydrogen-bond donors (Lipinski definition) is 3. The fraction of sp³-hybridized carbons (Fsp3) is 0.345. The van der Waals surface area contributed by atoms with Gasteiger partial charge >= 0.3 is 5.97 Å². The average molecular weight is 514 g/mol. The third kappa shape index (κ3) is 8.14. The Hall–Kier alpha value is -2.77. The van der Waals surface area contributed by atoms with Gasteiger partial charge in [0.05, 0.1) is 24.4 Å². The van der Waals surface area contributed by atoms with Crippen molar-refractivity contribution in [2.75, 3.05) is 13.2 Å². The number of rotatable bonds is 12. The second-order valence-electron chi connectivity index (χ2n) is 9.68. The van der Waals surface area contributed by atoms with E-state index in [1.807, 2.05) is 57.2 Å². The van der Waals surface area contributed by atoms with Gasteiger partial charge in [0, 0.05) is 17.1 Å². The Morgan fingerprint density at radius 2 is 1.78 bits per heavy atom. The summed E-state index contributed by atoms with van der Waals surface area (Å²) in [6.07, 6.45) is 0.104. The standard InChI is InChI=1S/C29H33ClFNO4/c1-19(26-7-5-4-6-22(26)14-20-8-10-21(11-9-20)28(34)35)36-18-25(33)17-32-29(2,3)16-23-12-13-24(30)15-27(23)31/h4-13,15,19,25,32-33H,14,16-18H2,1-3H3,(H,34,35)/t19-,25-/m1/s1. The van der Waals surface area contributed by atoms with Crippen LogP contribution in [0.3, 0.4) is 0 Å². The van der Waals surface area contributed by atoms with Crippen LogP contribution in [0.5, 0.6) is 0 Å². The molecule has 0 aromatic heterocycles. The highest BCUT2D eigenvalue weighted by atomic mass is 35.5. The second kappa shape index (κ2) is 12.5. The van der Waals surface area contributed by atoms with Crippen molar-refractivity contribution in [2.45, 2.75) is 51.4 Å². The molecule has 0 spiro atoms. The number of ether oxygens (including phenoxy) is 1. The number of carboxylic acid groups (broad SMARTS) is 1. The summed E-state index contributed by atoms with van der Waals surface area (Å²) in [4.78, 5) is 11.1. The van der Waals surface area contributed by atoms with Crippen LogP contribution in [0.4, 0.5) is 4.39 Å². The highest BCUT2D eigenvalue weighted by molar-refractivity contribution is 6.30. The zero-order chi connectivity index (χ0) is 26.3. The predicted octanol–water partition coefficient (Wildman–Crippen LogP) is 5.82. The van der Waals surface area contributed by atoms with Crippen molar-refractivity contribution in [2.24, 2.45) is 0 Å². The topological polar surface area (TPSA) is 78.8 Å². The van der Waals surface area contributed by atoms with Crippen LogP contribution in [0, 0.1) is 5.82 Å². The smallest absolute Gasteiger partial charge is 0.335 e. The number of aliphatic hydroxyl groups excluding tert-OH is 1. The van der Waals surface area contributed by atoms with Crippen LogP contribution in [-0.4, -0.2) is 41.0 Å². The van der Waals surface area contributed by atoms with Crippen molar-refractivity contribution in [3.8, 4) is 0 Å². The third-order valence-electron chi connectivity index (χ3n) is 6.09. The van der Waals surface area contributed by atoms with E-state index in [2.05, 4.69) is 5.32 Å². The third-order valence-corrected chi connectivity index (χ3v) is 6.33. The fourth-order valence-electron chi connectivity index (χ4n) is 4.08. The van der Waals surface area contributed by atoms with Crippen LogP contribution in [0.15, 0.2) is 66.7 Å². The lowest BCUT2D eigenvalue weighted by molar-refractivity contribution is -0.00446. The van der Waals surface area contributed by atoms with Gasteiger partial charge in [-0.05, 0) is 80.1 Å². The number of aromatic carboxylic acids is 1. The van der Waals surface area contributed by atoms with Crippen molar-refractivity contribution in [1.29, 1.82) is 0 Å². The van der Waals surface area contributed by atoms with Gasteiger partial charge in [0.25, 0.3) is 0 Å². The van der Waals surface area contributed by atoms with Gasteiger partial charge in [-0.25, -0.2) is 9.18 Å².